The predicted molar refractivity (Wildman–Crippen MR) is 104 cm³/mol. The second-order valence-corrected chi connectivity index (χ2v) is 6.02. The van der Waals surface area contributed by atoms with Crippen LogP contribution in [0.1, 0.15) is 23.9 Å². The van der Waals surface area contributed by atoms with Gasteiger partial charge in [-0.2, -0.15) is 5.10 Å². The van der Waals surface area contributed by atoms with Gasteiger partial charge in [0, 0.05) is 0 Å². The van der Waals surface area contributed by atoms with Crippen LogP contribution in [0.4, 0.5) is 0 Å². The molecule has 0 fully saturated rings. The SMILES string of the molecule is CCc1ccc(/C=N/NC(=O)Cn2c(CNC)nc3ccccc32)cc1. The maximum Gasteiger partial charge on any atom is 0.260 e. The minimum atomic E-state index is -0.188. The topological polar surface area (TPSA) is 71.3 Å². The molecule has 6 heteroatoms. The van der Waals surface area contributed by atoms with Crippen LogP contribution in [0.25, 0.3) is 11.0 Å². The van der Waals surface area contributed by atoms with Crippen LogP contribution in [-0.4, -0.2) is 28.7 Å². The van der Waals surface area contributed by atoms with Gasteiger partial charge in [0.05, 0.1) is 23.8 Å². The number of aromatic nitrogens is 2. The number of imidazole rings is 1. The molecule has 0 spiro atoms. The first-order valence-electron chi connectivity index (χ1n) is 8.71. The third-order valence-electron chi connectivity index (χ3n) is 4.16. The minimum Gasteiger partial charge on any atom is -0.317 e. The van der Waals surface area contributed by atoms with E-state index in [2.05, 4.69) is 39.9 Å². The zero-order valence-corrected chi connectivity index (χ0v) is 15.1. The lowest BCUT2D eigenvalue weighted by Gasteiger charge is -2.07. The van der Waals surface area contributed by atoms with Crippen molar-refractivity contribution in [2.75, 3.05) is 7.05 Å². The molecule has 26 heavy (non-hydrogen) atoms. The molecule has 1 amide bonds. The zero-order valence-electron chi connectivity index (χ0n) is 15.1. The molecule has 6 nitrogen and oxygen atoms in total. The van der Waals surface area contributed by atoms with E-state index in [1.54, 1.807) is 6.21 Å². The number of nitrogens with zero attached hydrogens (tertiary/aromatic N) is 3. The number of aryl methyl sites for hydroxylation is 1. The number of hydrazone groups is 1. The number of benzene rings is 2. The van der Waals surface area contributed by atoms with Crippen LogP contribution < -0.4 is 10.7 Å². The quantitative estimate of drug-likeness (QED) is 0.508. The highest BCUT2D eigenvalue weighted by atomic mass is 16.2. The maximum absolute atomic E-state index is 12.3. The van der Waals surface area contributed by atoms with E-state index in [1.165, 1.54) is 5.56 Å². The zero-order chi connectivity index (χ0) is 18.4. The van der Waals surface area contributed by atoms with Crippen LogP contribution in [0.2, 0.25) is 0 Å². The summed E-state index contributed by atoms with van der Waals surface area (Å²) in [4.78, 5) is 16.9. The van der Waals surface area contributed by atoms with Crippen molar-refractivity contribution in [2.24, 2.45) is 5.10 Å². The van der Waals surface area contributed by atoms with Gasteiger partial charge in [-0.3, -0.25) is 4.79 Å². The van der Waals surface area contributed by atoms with Gasteiger partial charge in [-0.25, -0.2) is 10.4 Å². The van der Waals surface area contributed by atoms with E-state index in [0.29, 0.717) is 6.54 Å². The van der Waals surface area contributed by atoms with E-state index in [0.717, 1.165) is 28.8 Å². The Kier molecular flexibility index (Phi) is 5.76. The van der Waals surface area contributed by atoms with Crippen LogP contribution in [0.3, 0.4) is 0 Å². The second-order valence-electron chi connectivity index (χ2n) is 6.02. The molecule has 0 aliphatic carbocycles. The predicted octanol–water partition coefficient (Wildman–Crippen LogP) is 2.47. The lowest BCUT2D eigenvalue weighted by atomic mass is 10.1. The lowest BCUT2D eigenvalue weighted by molar-refractivity contribution is -0.121. The molecule has 134 valence electrons. The van der Waals surface area contributed by atoms with Crippen LogP contribution >= 0.6 is 0 Å². The monoisotopic (exact) mass is 349 g/mol. The minimum absolute atomic E-state index is 0.170. The van der Waals surface area contributed by atoms with Crippen molar-refractivity contribution in [1.82, 2.24) is 20.3 Å². The fraction of sp³-hybridized carbons (Fsp3) is 0.250. The van der Waals surface area contributed by atoms with Crippen molar-refractivity contribution < 1.29 is 4.79 Å². The van der Waals surface area contributed by atoms with E-state index in [-0.39, 0.29) is 12.5 Å². The Morgan fingerprint density at radius 3 is 2.69 bits per heavy atom. The lowest BCUT2D eigenvalue weighted by Crippen LogP contribution is -2.25. The van der Waals surface area contributed by atoms with E-state index >= 15 is 0 Å². The van der Waals surface area contributed by atoms with Gasteiger partial charge < -0.3 is 9.88 Å². The van der Waals surface area contributed by atoms with Gasteiger partial charge in [0.15, 0.2) is 0 Å². The smallest absolute Gasteiger partial charge is 0.260 e. The van der Waals surface area contributed by atoms with Gasteiger partial charge >= 0.3 is 0 Å². The number of carbonyl (C=O) groups is 1. The normalized spacial score (nSPS) is 11.3. The highest BCUT2D eigenvalue weighted by molar-refractivity contribution is 5.83. The van der Waals surface area contributed by atoms with Crippen molar-refractivity contribution in [3.8, 4) is 0 Å². The van der Waals surface area contributed by atoms with E-state index in [1.807, 2.05) is 48.0 Å². The van der Waals surface area contributed by atoms with Crippen LogP contribution in [0.5, 0.6) is 0 Å². The summed E-state index contributed by atoms with van der Waals surface area (Å²) < 4.78 is 1.91. The summed E-state index contributed by atoms with van der Waals surface area (Å²) in [5.74, 6) is 0.634. The molecule has 0 bridgehead atoms. The molecule has 1 aromatic heterocycles. The Bertz CT molecular complexity index is 912. The summed E-state index contributed by atoms with van der Waals surface area (Å²) in [6.45, 7) is 2.88. The van der Waals surface area contributed by atoms with E-state index in [4.69, 9.17) is 0 Å². The number of nitrogens with one attached hydrogen (secondary N) is 2. The van der Waals surface area contributed by atoms with Crippen LogP contribution in [0.15, 0.2) is 53.6 Å². The number of fused-ring (bicyclic) bond motifs is 1. The average molecular weight is 349 g/mol. The summed E-state index contributed by atoms with van der Waals surface area (Å²) >= 11 is 0. The Morgan fingerprint density at radius 2 is 1.96 bits per heavy atom. The number of amides is 1. The van der Waals surface area contributed by atoms with Gasteiger partial charge in [-0.05, 0) is 36.7 Å². The summed E-state index contributed by atoms with van der Waals surface area (Å²) in [6.07, 6.45) is 2.65. The largest absolute Gasteiger partial charge is 0.317 e. The molecule has 0 saturated carbocycles. The molecule has 0 aliphatic heterocycles. The Labute approximate surface area is 152 Å². The molecule has 0 saturated heterocycles. The van der Waals surface area contributed by atoms with Crippen LogP contribution in [-0.2, 0) is 24.3 Å². The highest BCUT2D eigenvalue weighted by Crippen LogP contribution is 2.15. The molecule has 3 aromatic rings. The maximum atomic E-state index is 12.3. The Balaban J connectivity index is 1.68. The van der Waals surface area contributed by atoms with Gasteiger partial charge in [-0.15, -0.1) is 0 Å². The van der Waals surface area contributed by atoms with Gasteiger partial charge in [-0.1, -0.05) is 43.3 Å². The third-order valence-corrected chi connectivity index (χ3v) is 4.16. The second kappa shape index (κ2) is 8.40. The summed E-state index contributed by atoms with van der Waals surface area (Å²) in [5.41, 5.74) is 6.63. The number of hydrogen-bond donors (Lipinski definition) is 2. The molecule has 2 N–H and O–H groups in total. The summed E-state index contributed by atoms with van der Waals surface area (Å²) in [5, 5.41) is 7.15. The van der Waals surface area contributed by atoms with Crippen LogP contribution in [0, 0.1) is 0 Å². The van der Waals surface area contributed by atoms with Gasteiger partial charge in [0.2, 0.25) is 0 Å². The van der Waals surface area contributed by atoms with Crippen molar-refractivity contribution in [1.29, 1.82) is 0 Å². The number of hydrogen-bond acceptors (Lipinski definition) is 4. The molecule has 0 radical (unpaired) electrons. The third kappa shape index (κ3) is 4.15. The van der Waals surface area contributed by atoms with Gasteiger partial charge in [0.25, 0.3) is 5.91 Å². The molecule has 3 rings (SSSR count). The summed E-state index contributed by atoms with van der Waals surface area (Å²) in [6, 6.07) is 15.9. The fourth-order valence-corrected chi connectivity index (χ4v) is 2.79. The standard InChI is InChI=1S/C20H23N5O/c1-3-15-8-10-16(11-9-15)12-22-24-20(26)14-25-18-7-5-4-6-17(18)23-19(25)13-21-2/h4-12,21H,3,13-14H2,1-2H3,(H,24,26)/b22-12+. The van der Waals surface area contributed by atoms with Crippen molar-refractivity contribution in [3.05, 3.63) is 65.5 Å². The average Bonchev–Trinajstić information content (AvgIpc) is 3.00. The van der Waals surface area contributed by atoms with Gasteiger partial charge in [0.1, 0.15) is 12.4 Å². The van der Waals surface area contributed by atoms with Crippen molar-refractivity contribution in [3.63, 3.8) is 0 Å². The highest BCUT2D eigenvalue weighted by Gasteiger charge is 2.12. The summed E-state index contributed by atoms with van der Waals surface area (Å²) in [7, 11) is 1.86. The molecule has 1 heterocycles. The number of carbonyl (C=O) groups excluding carboxylic acids is 1. The van der Waals surface area contributed by atoms with E-state index < -0.39 is 0 Å². The first-order valence-corrected chi connectivity index (χ1v) is 8.71. The molecular formula is C20H23N5O. The van der Waals surface area contributed by atoms with Crippen molar-refractivity contribution in [2.45, 2.75) is 26.4 Å². The Hall–Kier alpha value is -2.99. The molecule has 0 unspecified atom stereocenters. The fourth-order valence-electron chi connectivity index (χ4n) is 2.79. The number of rotatable bonds is 7. The number of para-hydroxylation sites is 2. The van der Waals surface area contributed by atoms with Crippen molar-refractivity contribution >= 4 is 23.2 Å². The molecular weight excluding hydrogens is 326 g/mol. The first-order chi connectivity index (χ1) is 12.7. The first kappa shape index (κ1) is 17.8. The molecule has 2 aromatic carbocycles. The Morgan fingerprint density at radius 1 is 1.19 bits per heavy atom. The molecule has 0 atom stereocenters. The molecule has 0 aliphatic rings. The van der Waals surface area contributed by atoms with E-state index in [9.17, 15) is 4.79 Å².